The smallest absolute Gasteiger partial charge is 0.292 e. The van der Waals surface area contributed by atoms with Crippen molar-refractivity contribution in [3.8, 4) is 11.5 Å². The number of pyridine rings is 1. The summed E-state index contributed by atoms with van der Waals surface area (Å²) in [5.41, 5.74) is 9.47. The van der Waals surface area contributed by atoms with Crippen molar-refractivity contribution in [3.63, 3.8) is 0 Å². The highest BCUT2D eigenvalue weighted by Crippen LogP contribution is 2.65. The molecule has 8 nitrogen and oxygen atoms in total. The number of anilines is 2. The molecule has 5 heterocycles. The summed E-state index contributed by atoms with van der Waals surface area (Å²) in [6, 6.07) is 12.9. The SMILES string of the molecule is CC1(c2ccc(Cl)cn2)Oc2cccc(N3CCC4(CC3)C[C@H]4c3nc4c(F)cc(N)cc4n3C[C@@H]3CCO3)c2O1. The number of rotatable bonds is 5. The molecule has 4 aliphatic rings. The molecule has 10 heteroatoms. The van der Waals surface area contributed by atoms with Crippen LogP contribution in [-0.4, -0.2) is 40.3 Å². The first-order chi connectivity index (χ1) is 19.8. The van der Waals surface area contributed by atoms with Crippen LogP contribution in [0.4, 0.5) is 15.8 Å². The number of nitrogen functional groups attached to an aromatic ring is 1. The van der Waals surface area contributed by atoms with Crippen LogP contribution in [0.5, 0.6) is 11.5 Å². The minimum absolute atomic E-state index is 0.142. The van der Waals surface area contributed by atoms with E-state index in [0.29, 0.717) is 34.2 Å². The third kappa shape index (κ3) is 4.04. The minimum atomic E-state index is -1.02. The molecular weight excluding hydrogens is 545 g/mol. The second kappa shape index (κ2) is 8.97. The summed E-state index contributed by atoms with van der Waals surface area (Å²) in [6.45, 7) is 5.12. The van der Waals surface area contributed by atoms with Crippen LogP contribution in [0.3, 0.4) is 0 Å². The van der Waals surface area contributed by atoms with Gasteiger partial charge in [-0.1, -0.05) is 17.7 Å². The van der Waals surface area contributed by atoms with E-state index in [1.807, 2.05) is 31.2 Å². The van der Waals surface area contributed by atoms with Crippen molar-refractivity contribution >= 4 is 34.0 Å². The van der Waals surface area contributed by atoms with Crippen LogP contribution in [0.15, 0.2) is 48.7 Å². The second-order valence-corrected chi connectivity index (χ2v) is 12.4. The number of nitrogens with two attached hydrogens (primary N) is 1. The summed E-state index contributed by atoms with van der Waals surface area (Å²) in [6.07, 6.45) is 5.85. The quantitative estimate of drug-likeness (QED) is 0.291. The van der Waals surface area contributed by atoms with Crippen LogP contribution in [0.2, 0.25) is 5.02 Å². The summed E-state index contributed by atoms with van der Waals surface area (Å²) >= 11 is 6.05. The Morgan fingerprint density at radius 1 is 1.15 bits per heavy atom. The van der Waals surface area contributed by atoms with Gasteiger partial charge < -0.3 is 29.4 Å². The summed E-state index contributed by atoms with van der Waals surface area (Å²) in [7, 11) is 0. The average Bonchev–Trinajstić information content (AvgIpc) is 3.29. The third-order valence-corrected chi connectivity index (χ3v) is 9.62. The summed E-state index contributed by atoms with van der Waals surface area (Å²) in [5, 5.41) is 0.565. The minimum Gasteiger partial charge on any atom is -0.443 e. The average molecular weight is 576 g/mol. The maximum absolute atomic E-state index is 14.9. The summed E-state index contributed by atoms with van der Waals surface area (Å²) in [5.74, 6) is 1.32. The number of imidazole rings is 1. The van der Waals surface area contributed by atoms with E-state index in [9.17, 15) is 4.39 Å². The molecule has 0 amide bonds. The number of hydrogen-bond acceptors (Lipinski definition) is 7. The van der Waals surface area contributed by atoms with Gasteiger partial charge in [0.1, 0.15) is 17.0 Å². The van der Waals surface area contributed by atoms with E-state index >= 15 is 0 Å². The fourth-order valence-corrected chi connectivity index (χ4v) is 6.99. The van der Waals surface area contributed by atoms with Gasteiger partial charge in [0.15, 0.2) is 17.3 Å². The van der Waals surface area contributed by atoms with Gasteiger partial charge in [0.05, 0.1) is 28.9 Å². The number of hydrogen-bond donors (Lipinski definition) is 1. The molecule has 2 aromatic heterocycles. The maximum atomic E-state index is 14.9. The number of halogens is 2. The Morgan fingerprint density at radius 2 is 1.98 bits per heavy atom. The fraction of sp³-hybridized carbons (Fsp3) is 0.419. The van der Waals surface area contributed by atoms with Crippen molar-refractivity contribution in [2.24, 2.45) is 5.41 Å². The molecule has 212 valence electrons. The number of aromatic nitrogens is 3. The predicted molar refractivity (Wildman–Crippen MR) is 154 cm³/mol. The Kier molecular flexibility index (Phi) is 5.51. The Bertz CT molecular complexity index is 1660. The molecular formula is C31H31ClFN5O3. The Morgan fingerprint density at radius 3 is 2.71 bits per heavy atom. The number of ether oxygens (including phenoxy) is 3. The van der Waals surface area contributed by atoms with Crippen molar-refractivity contribution in [2.75, 3.05) is 30.3 Å². The van der Waals surface area contributed by atoms with Gasteiger partial charge in [-0.05, 0) is 67.5 Å². The molecule has 4 aromatic rings. The second-order valence-electron chi connectivity index (χ2n) is 12.0. The number of piperidine rings is 1. The highest BCUT2D eigenvalue weighted by atomic mass is 35.5. The lowest BCUT2D eigenvalue weighted by atomic mass is 9.90. The van der Waals surface area contributed by atoms with E-state index in [0.717, 1.165) is 68.2 Å². The lowest BCUT2D eigenvalue weighted by Crippen LogP contribution is -2.36. The van der Waals surface area contributed by atoms with Gasteiger partial charge in [0.25, 0.3) is 5.79 Å². The zero-order valence-corrected chi connectivity index (χ0v) is 23.5. The molecule has 3 aliphatic heterocycles. The molecule has 1 spiro atoms. The van der Waals surface area contributed by atoms with Gasteiger partial charge in [0.2, 0.25) is 0 Å². The number of benzene rings is 2. The Labute approximate surface area is 242 Å². The molecule has 2 aromatic carbocycles. The number of fused-ring (bicyclic) bond motifs is 2. The summed E-state index contributed by atoms with van der Waals surface area (Å²) < 4.78 is 35.5. The first-order valence-corrected chi connectivity index (χ1v) is 14.6. The lowest BCUT2D eigenvalue weighted by molar-refractivity contribution is -0.0716. The van der Waals surface area contributed by atoms with E-state index in [2.05, 4.69) is 20.5 Å². The molecule has 0 radical (unpaired) electrons. The topological polar surface area (TPSA) is 87.7 Å². The molecule has 8 rings (SSSR count). The van der Waals surface area contributed by atoms with Crippen molar-refractivity contribution in [1.82, 2.24) is 14.5 Å². The van der Waals surface area contributed by atoms with Crippen LogP contribution >= 0.6 is 11.6 Å². The standard InChI is InChI=1S/C31H31ClFN5O3/c1-30(26-6-5-18(32)16-35-26)40-25-4-2-3-23(28(25)41-30)37-10-8-31(9-11-37)15-21(31)29-36-27-22(33)13-19(34)14-24(27)38(29)17-20-7-12-39-20/h2-6,13-14,16,20-21H,7-12,15,17,34H2,1H3/t20-,21-,30?/m0/s1. The van der Waals surface area contributed by atoms with E-state index in [4.69, 9.17) is 36.5 Å². The van der Waals surface area contributed by atoms with Crippen molar-refractivity contribution in [3.05, 3.63) is 71.0 Å². The molecule has 3 fully saturated rings. The molecule has 3 atom stereocenters. The Hall–Kier alpha value is -3.56. The van der Waals surface area contributed by atoms with Gasteiger partial charge in [-0.15, -0.1) is 0 Å². The largest absolute Gasteiger partial charge is 0.443 e. The first-order valence-electron chi connectivity index (χ1n) is 14.3. The van der Waals surface area contributed by atoms with Crippen LogP contribution in [0.1, 0.15) is 50.0 Å². The van der Waals surface area contributed by atoms with E-state index in [1.54, 1.807) is 12.3 Å². The monoisotopic (exact) mass is 575 g/mol. The molecule has 1 aliphatic carbocycles. The number of para-hydroxylation sites is 1. The lowest BCUT2D eigenvalue weighted by Gasteiger charge is -2.35. The molecule has 0 bridgehead atoms. The predicted octanol–water partition coefficient (Wildman–Crippen LogP) is 6.01. The van der Waals surface area contributed by atoms with Crippen LogP contribution in [-0.2, 0) is 17.1 Å². The van der Waals surface area contributed by atoms with Gasteiger partial charge in [0, 0.05) is 44.4 Å². The molecule has 41 heavy (non-hydrogen) atoms. The van der Waals surface area contributed by atoms with Crippen LogP contribution in [0.25, 0.3) is 11.0 Å². The van der Waals surface area contributed by atoms with Crippen molar-refractivity contribution in [2.45, 2.75) is 57.0 Å². The highest BCUT2D eigenvalue weighted by Gasteiger charge is 2.58. The summed E-state index contributed by atoms with van der Waals surface area (Å²) in [4.78, 5) is 11.7. The highest BCUT2D eigenvalue weighted by molar-refractivity contribution is 6.30. The normalized spacial score (nSPS) is 26.0. The van der Waals surface area contributed by atoms with Gasteiger partial charge in [-0.3, -0.25) is 4.98 Å². The van der Waals surface area contributed by atoms with Crippen LogP contribution in [0, 0.1) is 11.2 Å². The van der Waals surface area contributed by atoms with Gasteiger partial charge >= 0.3 is 0 Å². The van der Waals surface area contributed by atoms with Gasteiger partial charge in [-0.2, -0.15) is 0 Å². The third-order valence-electron chi connectivity index (χ3n) is 9.39. The molecule has 1 saturated carbocycles. The first kappa shape index (κ1) is 25.2. The van der Waals surface area contributed by atoms with Crippen molar-refractivity contribution in [1.29, 1.82) is 0 Å². The van der Waals surface area contributed by atoms with E-state index in [-0.39, 0.29) is 23.3 Å². The maximum Gasteiger partial charge on any atom is 0.292 e. The molecule has 1 unspecified atom stereocenters. The zero-order valence-electron chi connectivity index (χ0n) is 22.8. The van der Waals surface area contributed by atoms with Crippen LogP contribution < -0.4 is 20.1 Å². The van der Waals surface area contributed by atoms with Gasteiger partial charge in [-0.25, -0.2) is 9.37 Å². The Balaban J connectivity index is 1.03. The molecule has 2 saturated heterocycles. The number of nitrogens with zero attached hydrogens (tertiary/aromatic N) is 4. The molecule has 2 N–H and O–H groups in total. The van der Waals surface area contributed by atoms with E-state index < -0.39 is 5.79 Å². The van der Waals surface area contributed by atoms with E-state index in [1.165, 1.54) is 6.07 Å². The van der Waals surface area contributed by atoms with Crippen molar-refractivity contribution < 1.29 is 18.6 Å². The fourth-order valence-electron chi connectivity index (χ4n) is 6.88. The zero-order chi connectivity index (χ0) is 27.9.